The van der Waals surface area contributed by atoms with Crippen molar-refractivity contribution in [2.24, 2.45) is 0 Å². The Morgan fingerprint density at radius 3 is 1.79 bits per heavy atom. The fourth-order valence-electron chi connectivity index (χ4n) is 10.5. The Balaban J connectivity index is 1.28. The van der Waals surface area contributed by atoms with Gasteiger partial charge < -0.3 is 14.5 Å². The van der Waals surface area contributed by atoms with Crippen LogP contribution in [-0.2, 0) is 27.1 Å². The third-order valence-corrected chi connectivity index (χ3v) is 13.6. The van der Waals surface area contributed by atoms with Crippen LogP contribution >= 0.6 is 0 Å². The first-order valence-corrected chi connectivity index (χ1v) is 22.0. The maximum absolute atomic E-state index is 6.89. The zero-order chi connectivity index (χ0) is 43.2. The average molecular weight is 805 g/mol. The van der Waals surface area contributed by atoms with Gasteiger partial charge >= 0.3 is 0 Å². The third-order valence-electron chi connectivity index (χ3n) is 13.6. The van der Waals surface area contributed by atoms with Gasteiger partial charge in [-0.1, -0.05) is 150 Å². The normalized spacial score (nSPS) is 15.3. The minimum absolute atomic E-state index is 0.0362. The second-order valence-electron chi connectivity index (χ2n) is 22.0. The van der Waals surface area contributed by atoms with Crippen molar-refractivity contribution in [1.82, 2.24) is 9.78 Å². The van der Waals surface area contributed by atoms with Crippen molar-refractivity contribution in [1.29, 1.82) is 0 Å². The summed E-state index contributed by atoms with van der Waals surface area (Å²) >= 11 is 0. The van der Waals surface area contributed by atoms with Gasteiger partial charge in [0.2, 0.25) is 0 Å². The van der Waals surface area contributed by atoms with E-state index in [2.05, 4.69) is 203 Å². The molecule has 5 nitrogen and oxygen atoms in total. The van der Waals surface area contributed by atoms with E-state index in [0.717, 1.165) is 34.8 Å². The second kappa shape index (κ2) is 12.9. The van der Waals surface area contributed by atoms with Crippen LogP contribution in [0.25, 0.3) is 27.7 Å². The molecule has 1 aliphatic carbocycles. The molecule has 0 saturated carbocycles. The highest BCUT2D eigenvalue weighted by atomic mass is 16.5. The molecule has 61 heavy (non-hydrogen) atoms. The van der Waals surface area contributed by atoms with E-state index in [0.29, 0.717) is 0 Å². The van der Waals surface area contributed by atoms with Gasteiger partial charge in [0.25, 0.3) is 0 Å². The quantitative estimate of drug-likeness (QED) is 0.178. The van der Waals surface area contributed by atoms with Crippen molar-refractivity contribution in [3.63, 3.8) is 0 Å². The maximum atomic E-state index is 6.89. The maximum Gasteiger partial charge on any atom is 0.129 e. The van der Waals surface area contributed by atoms with E-state index in [4.69, 9.17) is 9.84 Å². The molecule has 310 valence electrons. The minimum Gasteiger partial charge on any atom is -0.457 e. The summed E-state index contributed by atoms with van der Waals surface area (Å²) in [7, 11) is 2.23. The van der Waals surface area contributed by atoms with Crippen LogP contribution < -0.4 is 14.5 Å². The SMILES string of the molecule is CN1CN2c3cc(Oc4cccc(-n5ncc6ccccc65)c4)ccc3C3(c4cccc1c42)c1c(cc(C(C)(C)C)cc1C(C)(C)C)-c1cc(C(C)(C)C)cc(C(C)(C)C)c13. The van der Waals surface area contributed by atoms with Crippen molar-refractivity contribution in [2.75, 3.05) is 23.5 Å². The zero-order valence-corrected chi connectivity index (χ0v) is 38.4. The van der Waals surface area contributed by atoms with E-state index in [1.54, 1.807) is 0 Å². The van der Waals surface area contributed by atoms with Crippen LogP contribution in [0.15, 0.2) is 115 Å². The first-order chi connectivity index (χ1) is 28.7. The lowest BCUT2D eigenvalue weighted by Gasteiger charge is -2.46. The number of benzene rings is 6. The molecule has 3 heterocycles. The van der Waals surface area contributed by atoms with Crippen LogP contribution in [0, 0.1) is 0 Å². The molecular formula is C56H60N4O. The first kappa shape index (κ1) is 39.3. The summed E-state index contributed by atoms with van der Waals surface area (Å²) in [5, 5.41) is 5.85. The number of fused-ring (bicyclic) bond motifs is 10. The third kappa shape index (κ3) is 5.82. The Labute approximate surface area is 363 Å². The number of para-hydroxylation sites is 2. The molecule has 7 aromatic rings. The molecule has 6 aromatic carbocycles. The molecule has 10 rings (SSSR count). The van der Waals surface area contributed by atoms with Crippen LogP contribution in [0.2, 0.25) is 0 Å². The van der Waals surface area contributed by atoms with Gasteiger partial charge in [0.1, 0.15) is 11.5 Å². The smallest absolute Gasteiger partial charge is 0.129 e. The summed E-state index contributed by atoms with van der Waals surface area (Å²) in [6, 6.07) is 40.8. The fourth-order valence-corrected chi connectivity index (χ4v) is 10.5. The van der Waals surface area contributed by atoms with Crippen molar-refractivity contribution in [3.8, 4) is 28.3 Å². The molecule has 0 atom stereocenters. The van der Waals surface area contributed by atoms with Gasteiger partial charge in [-0.3, -0.25) is 0 Å². The molecule has 0 radical (unpaired) electrons. The highest BCUT2D eigenvalue weighted by Gasteiger charge is 2.57. The number of hydrogen-bond donors (Lipinski definition) is 0. The molecule has 1 spiro atoms. The van der Waals surface area contributed by atoms with Crippen LogP contribution in [0.1, 0.15) is 128 Å². The Bertz CT molecular complexity index is 2860. The van der Waals surface area contributed by atoms with Gasteiger partial charge in [-0.25, -0.2) is 4.68 Å². The average Bonchev–Trinajstić information content (AvgIpc) is 3.86. The topological polar surface area (TPSA) is 33.5 Å². The van der Waals surface area contributed by atoms with Crippen LogP contribution in [-0.4, -0.2) is 23.5 Å². The van der Waals surface area contributed by atoms with E-state index in [9.17, 15) is 0 Å². The van der Waals surface area contributed by atoms with Gasteiger partial charge in [0, 0.05) is 24.6 Å². The number of ether oxygens (including phenoxy) is 1. The van der Waals surface area contributed by atoms with Gasteiger partial charge in [-0.2, -0.15) is 5.10 Å². The van der Waals surface area contributed by atoms with Crippen LogP contribution in [0.5, 0.6) is 11.5 Å². The lowest BCUT2D eigenvalue weighted by atomic mass is 9.59. The van der Waals surface area contributed by atoms with E-state index >= 15 is 0 Å². The minimum atomic E-state index is -0.593. The molecule has 5 heteroatoms. The lowest BCUT2D eigenvalue weighted by molar-refractivity contribution is 0.481. The zero-order valence-electron chi connectivity index (χ0n) is 38.4. The molecule has 0 fully saturated rings. The Hall–Kier alpha value is -5.81. The summed E-state index contributed by atoms with van der Waals surface area (Å²) in [5.41, 5.74) is 18.7. The van der Waals surface area contributed by atoms with Crippen molar-refractivity contribution >= 4 is 28.0 Å². The van der Waals surface area contributed by atoms with E-state index < -0.39 is 5.41 Å². The molecule has 3 aliphatic rings. The van der Waals surface area contributed by atoms with Crippen LogP contribution in [0.4, 0.5) is 17.1 Å². The number of nitrogens with zero attached hydrogens (tertiary/aromatic N) is 4. The predicted molar refractivity (Wildman–Crippen MR) is 255 cm³/mol. The molecule has 1 aromatic heterocycles. The number of hydrogen-bond acceptors (Lipinski definition) is 4. The number of rotatable bonds is 3. The molecule has 0 saturated heterocycles. The van der Waals surface area contributed by atoms with E-state index in [1.807, 2.05) is 16.9 Å². The lowest BCUT2D eigenvalue weighted by Crippen LogP contribution is -2.40. The summed E-state index contributed by atoms with van der Waals surface area (Å²) in [6.45, 7) is 29.4. The summed E-state index contributed by atoms with van der Waals surface area (Å²) in [6.07, 6.45) is 1.92. The van der Waals surface area contributed by atoms with E-state index in [-0.39, 0.29) is 21.7 Å². The largest absolute Gasteiger partial charge is 0.457 e. The van der Waals surface area contributed by atoms with Gasteiger partial charge in [-0.05, 0) is 108 Å². The molecule has 0 unspecified atom stereocenters. The highest BCUT2D eigenvalue weighted by Crippen LogP contribution is 2.68. The van der Waals surface area contributed by atoms with Crippen molar-refractivity contribution < 1.29 is 4.74 Å². The number of aromatic nitrogens is 2. The predicted octanol–water partition coefficient (Wildman–Crippen LogP) is 14.2. The molecule has 0 N–H and O–H groups in total. The molecular weight excluding hydrogens is 745 g/mol. The van der Waals surface area contributed by atoms with Gasteiger partial charge in [0.15, 0.2) is 0 Å². The van der Waals surface area contributed by atoms with Crippen molar-refractivity contribution in [3.05, 3.63) is 160 Å². The van der Waals surface area contributed by atoms with Gasteiger partial charge in [-0.15, -0.1) is 0 Å². The fraction of sp³-hybridized carbons (Fsp3) is 0.339. The van der Waals surface area contributed by atoms with Crippen molar-refractivity contribution in [2.45, 2.75) is 110 Å². The Morgan fingerprint density at radius 1 is 0.557 bits per heavy atom. The first-order valence-electron chi connectivity index (χ1n) is 22.0. The summed E-state index contributed by atoms with van der Waals surface area (Å²) in [4.78, 5) is 4.95. The Kier molecular flexibility index (Phi) is 8.29. The molecule has 0 bridgehead atoms. The summed E-state index contributed by atoms with van der Waals surface area (Å²) in [5.74, 6) is 1.58. The molecule has 2 aliphatic heterocycles. The van der Waals surface area contributed by atoms with Gasteiger partial charge in [0.05, 0.1) is 46.5 Å². The Morgan fingerprint density at radius 2 is 1.16 bits per heavy atom. The van der Waals surface area contributed by atoms with Crippen LogP contribution in [0.3, 0.4) is 0 Å². The van der Waals surface area contributed by atoms with E-state index in [1.165, 1.54) is 72.7 Å². The number of anilines is 3. The second-order valence-corrected chi connectivity index (χ2v) is 22.0. The monoisotopic (exact) mass is 804 g/mol. The standard InChI is InChI=1S/C56H60N4O/c1-52(2,3)35-26-40-41-27-36(53(4,5)6)29-45(55(10,11)12)50(41)56(49(40)44(28-35)54(7,8)9)42-25-24-39(31-48(42)59-33-58(13)47-23-17-21-43(56)51(47)59)61-38-20-16-19-37(30-38)60-46-22-15-14-18-34(46)32-57-60/h14-32H,33H2,1-13H3. The summed E-state index contributed by atoms with van der Waals surface area (Å²) < 4.78 is 8.88. The highest BCUT2D eigenvalue weighted by molar-refractivity contribution is 6.00. The molecule has 0 amide bonds.